The van der Waals surface area contributed by atoms with E-state index in [9.17, 15) is 9.90 Å². The molecule has 0 radical (unpaired) electrons. The van der Waals surface area contributed by atoms with E-state index in [1.54, 1.807) is 18.4 Å². The number of nitrogens with zero attached hydrogens (tertiary/aromatic N) is 2. The second-order valence-corrected chi connectivity index (χ2v) is 11.5. The maximum atomic E-state index is 11.7. The van der Waals surface area contributed by atoms with Crippen molar-refractivity contribution in [3.8, 4) is 5.75 Å². The fraction of sp³-hybridized carbons (Fsp3) is 0.481. The summed E-state index contributed by atoms with van der Waals surface area (Å²) in [5.74, 6) is 1.80. The lowest BCUT2D eigenvalue weighted by molar-refractivity contribution is -0.139. The summed E-state index contributed by atoms with van der Waals surface area (Å²) in [6, 6.07) is 12.5. The Kier molecular flexibility index (Phi) is 9.43. The lowest BCUT2D eigenvalue weighted by atomic mass is 9.79. The smallest absolute Gasteiger partial charge is 0.303 e. The van der Waals surface area contributed by atoms with Crippen LogP contribution in [0.5, 0.6) is 5.75 Å². The number of benzene rings is 1. The maximum absolute atomic E-state index is 11.7. The molecule has 35 heavy (non-hydrogen) atoms. The molecule has 1 fully saturated rings. The zero-order valence-corrected chi connectivity index (χ0v) is 22.1. The van der Waals surface area contributed by atoms with Crippen molar-refractivity contribution in [2.45, 2.75) is 35.9 Å². The standard InChI is InChI=1S/C27H35N3O3S2/c1-28-24(22-9-11-29-25-8-6-21(33-2)17-23(22)25)7-5-19-10-12-30(18-20(19)16-26(31)32)13-15-35-27-4-3-14-34-27/h3-4,6,8-9,11,14,17,19-20,24,28H,5,7,10,12-13,15-16,18H2,1-2H3,(H,31,32)/t19-,20+,24?/m1/s1. The molecule has 1 saturated heterocycles. The summed E-state index contributed by atoms with van der Waals surface area (Å²) < 4.78 is 6.79. The van der Waals surface area contributed by atoms with Crippen LogP contribution in [0, 0.1) is 11.8 Å². The number of likely N-dealkylation sites (tertiary alicyclic amines) is 1. The molecule has 1 unspecified atom stereocenters. The van der Waals surface area contributed by atoms with Crippen molar-refractivity contribution in [2.75, 3.05) is 39.5 Å². The van der Waals surface area contributed by atoms with E-state index in [1.807, 2.05) is 37.1 Å². The summed E-state index contributed by atoms with van der Waals surface area (Å²) in [4.78, 5) is 18.6. The molecule has 3 aromatic rings. The number of aromatic nitrogens is 1. The molecule has 3 heterocycles. The number of carbonyl (C=O) groups is 1. The van der Waals surface area contributed by atoms with Crippen molar-refractivity contribution in [2.24, 2.45) is 11.8 Å². The average molecular weight is 514 g/mol. The van der Waals surface area contributed by atoms with E-state index in [-0.39, 0.29) is 18.4 Å². The quantitative estimate of drug-likeness (QED) is 0.308. The summed E-state index contributed by atoms with van der Waals surface area (Å²) in [5.41, 5.74) is 2.18. The number of thiophene rings is 1. The molecule has 0 aliphatic carbocycles. The highest BCUT2D eigenvalue weighted by molar-refractivity contribution is 8.01. The Hall–Kier alpha value is -2.13. The van der Waals surface area contributed by atoms with Crippen LogP contribution in [-0.2, 0) is 4.79 Å². The minimum atomic E-state index is -0.688. The number of carboxylic acid groups (broad SMARTS) is 1. The van der Waals surface area contributed by atoms with Crippen LogP contribution in [0.3, 0.4) is 0 Å². The fourth-order valence-electron chi connectivity index (χ4n) is 5.23. The number of pyridine rings is 1. The molecule has 1 aromatic carbocycles. The van der Waals surface area contributed by atoms with Crippen molar-refractivity contribution < 1.29 is 14.6 Å². The number of fused-ring (bicyclic) bond motifs is 1. The van der Waals surface area contributed by atoms with Gasteiger partial charge >= 0.3 is 5.97 Å². The zero-order valence-electron chi connectivity index (χ0n) is 20.5. The Balaban J connectivity index is 1.39. The van der Waals surface area contributed by atoms with E-state index >= 15 is 0 Å². The van der Waals surface area contributed by atoms with E-state index in [0.29, 0.717) is 5.92 Å². The molecule has 0 bridgehead atoms. The zero-order chi connectivity index (χ0) is 24.6. The first kappa shape index (κ1) is 25.9. The molecule has 0 spiro atoms. The molecule has 0 saturated carbocycles. The van der Waals surface area contributed by atoms with Crippen LogP contribution in [-0.4, -0.2) is 60.5 Å². The number of nitrogens with one attached hydrogen (secondary N) is 1. The van der Waals surface area contributed by atoms with Crippen LogP contribution in [0.25, 0.3) is 10.9 Å². The third-order valence-electron chi connectivity index (χ3n) is 7.09. The van der Waals surface area contributed by atoms with Gasteiger partial charge in [-0.3, -0.25) is 9.78 Å². The van der Waals surface area contributed by atoms with Gasteiger partial charge in [0.15, 0.2) is 0 Å². The van der Waals surface area contributed by atoms with Crippen LogP contribution in [0.15, 0.2) is 52.2 Å². The number of rotatable bonds is 12. The lowest BCUT2D eigenvalue weighted by Gasteiger charge is -2.38. The molecule has 2 N–H and O–H groups in total. The molecular weight excluding hydrogens is 478 g/mol. The predicted octanol–water partition coefficient (Wildman–Crippen LogP) is 5.55. The van der Waals surface area contributed by atoms with Gasteiger partial charge in [-0.15, -0.1) is 23.1 Å². The molecular formula is C27H35N3O3S2. The van der Waals surface area contributed by atoms with E-state index in [1.165, 1.54) is 9.77 Å². The van der Waals surface area contributed by atoms with Crippen molar-refractivity contribution in [1.29, 1.82) is 0 Å². The normalized spacial score (nSPS) is 19.6. The molecule has 1 aliphatic rings. The van der Waals surface area contributed by atoms with Crippen molar-refractivity contribution in [3.05, 3.63) is 53.5 Å². The topological polar surface area (TPSA) is 74.7 Å². The second kappa shape index (κ2) is 12.7. The van der Waals surface area contributed by atoms with Gasteiger partial charge in [-0.05, 0) is 86.0 Å². The summed E-state index contributed by atoms with van der Waals surface area (Å²) in [6.07, 6.45) is 5.15. The van der Waals surface area contributed by atoms with Crippen LogP contribution < -0.4 is 10.1 Å². The maximum Gasteiger partial charge on any atom is 0.303 e. The largest absolute Gasteiger partial charge is 0.497 e. The summed E-state index contributed by atoms with van der Waals surface area (Å²) >= 11 is 3.67. The highest BCUT2D eigenvalue weighted by Crippen LogP contribution is 2.35. The van der Waals surface area contributed by atoms with Crippen molar-refractivity contribution in [1.82, 2.24) is 15.2 Å². The van der Waals surface area contributed by atoms with Gasteiger partial charge in [0, 0.05) is 42.9 Å². The van der Waals surface area contributed by atoms with Crippen molar-refractivity contribution in [3.63, 3.8) is 0 Å². The van der Waals surface area contributed by atoms with Crippen LogP contribution in [0.4, 0.5) is 0 Å². The minimum absolute atomic E-state index is 0.179. The summed E-state index contributed by atoms with van der Waals surface area (Å²) in [6.45, 7) is 2.93. The molecule has 2 aromatic heterocycles. The Morgan fingerprint density at radius 1 is 1.34 bits per heavy atom. The SMILES string of the molecule is CNC(CC[C@@H]1CCN(CCSc2cccs2)C[C@@H]1CC(=O)O)c1ccnc2ccc(OC)cc12. The first-order valence-electron chi connectivity index (χ1n) is 12.3. The Labute approximate surface area is 216 Å². The number of hydrogen-bond donors (Lipinski definition) is 2. The molecule has 3 atom stereocenters. The number of aliphatic carboxylic acids is 1. The molecule has 188 valence electrons. The number of hydrogen-bond acceptors (Lipinski definition) is 7. The third-order valence-corrected chi connectivity index (χ3v) is 9.20. The molecule has 8 heteroatoms. The van der Waals surface area contributed by atoms with E-state index in [2.05, 4.69) is 44.8 Å². The average Bonchev–Trinajstić information content (AvgIpc) is 3.38. The highest BCUT2D eigenvalue weighted by atomic mass is 32.2. The van der Waals surface area contributed by atoms with Gasteiger partial charge in [-0.2, -0.15) is 0 Å². The number of carboxylic acids is 1. The van der Waals surface area contributed by atoms with Crippen LogP contribution >= 0.6 is 23.1 Å². The molecule has 1 aliphatic heterocycles. The van der Waals surface area contributed by atoms with Gasteiger partial charge in [-0.1, -0.05) is 6.07 Å². The van der Waals surface area contributed by atoms with Gasteiger partial charge < -0.3 is 20.1 Å². The Morgan fingerprint density at radius 2 is 2.23 bits per heavy atom. The molecule has 6 nitrogen and oxygen atoms in total. The number of thioether (sulfide) groups is 1. The Bertz CT molecular complexity index is 1090. The third kappa shape index (κ3) is 6.97. The Morgan fingerprint density at radius 3 is 2.97 bits per heavy atom. The number of piperidine rings is 1. The van der Waals surface area contributed by atoms with Crippen LogP contribution in [0.2, 0.25) is 0 Å². The fourth-order valence-corrected chi connectivity index (χ4v) is 7.09. The first-order chi connectivity index (χ1) is 17.1. The lowest BCUT2D eigenvalue weighted by Crippen LogP contribution is -2.42. The van der Waals surface area contributed by atoms with E-state index in [4.69, 9.17) is 4.74 Å². The second-order valence-electron chi connectivity index (χ2n) is 9.19. The van der Waals surface area contributed by atoms with Gasteiger partial charge in [0.25, 0.3) is 0 Å². The number of ether oxygens (including phenoxy) is 1. The number of methoxy groups -OCH3 is 1. The van der Waals surface area contributed by atoms with Gasteiger partial charge in [0.05, 0.1) is 16.8 Å². The minimum Gasteiger partial charge on any atom is -0.497 e. The van der Waals surface area contributed by atoms with E-state index < -0.39 is 5.97 Å². The summed E-state index contributed by atoms with van der Waals surface area (Å²) in [7, 11) is 3.68. The van der Waals surface area contributed by atoms with Gasteiger partial charge in [-0.25, -0.2) is 0 Å². The van der Waals surface area contributed by atoms with Crippen molar-refractivity contribution >= 4 is 40.0 Å². The van der Waals surface area contributed by atoms with Crippen LogP contribution in [0.1, 0.15) is 37.3 Å². The van der Waals surface area contributed by atoms with Gasteiger partial charge in [0.1, 0.15) is 5.75 Å². The molecule has 4 rings (SSSR count). The monoisotopic (exact) mass is 513 g/mol. The van der Waals surface area contributed by atoms with E-state index in [0.717, 1.165) is 61.3 Å². The molecule has 0 amide bonds. The highest BCUT2D eigenvalue weighted by Gasteiger charge is 2.31. The van der Waals surface area contributed by atoms with Gasteiger partial charge in [0.2, 0.25) is 0 Å². The first-order valence-corrected chi connectivity index (χ1v) is 14.1. The predicted molar refractivity (Wildman–Crippen MR) is 145 cm³/mol. The summed E-state index contributed by atoms with van der Waals surface area (Å²) in [5, 5.41) is 16.3.